The average molecular weight is 651 g/mol. The second-order valence-electron chi connectivity index (χ2n) is 10.1. The Balaban J connectivity index is 1.25. The number of Topliss-reactive ketones (excluding diaryl/α,β-unsaturated/α-hetero) is 2. The number of benzene rings is 4. The smallest absolute Gasteiger partial charge is 0.347 e. The molecule has 0 aliphatic rings. The van der Waals surface area contributed by atoms with Crippen LogP contribution in [-0.4, -0.2) is 41.2 Å². The molecule has 0 spiro atoms. The molecule has 0 amide bonds. The van der Waals surface area contributed by atoms with Gasteiger partial charge in [-0.25, -0.2) is 18.2 Å². The molecule has 5 rings (SSSR count). The molecule has 0 bridgehead atoms. The van der Waals surface area contributed by atoms with Crippen LogP contribution in [0.3, 0.4) is 0 Å². The number of ether oxygens (including phenoxy) is 1. The lowest BCUT2D eigenvalue weighted by Crippen LogP contribution is -2.13. The van der Waals surface area contributed by atoms with E-state index in [2.05, 4.69) is 19.9 Å². The van der Waals surface area contributed by atoms with Gasteiger partial charge in [0.15, 0.2) is 11.6 Å². The Hall–Kier alpha value is -6.21. The predicted octanol–water partition coefficient (Wildman–Crippen LogP) is 6.56. The van der Waals surface area contributed by atoms with Crippen molar-refractivity contribution in [3.05, 3.63) is 132 Å². The van der Waals surface area contributed by atoms with Crippen molar-refractivity contribution < 1.29 is 37.8 Å². The molecule has 0 atom stereocenters. The number of pyridine rings is 1. The molecule has 47 heavy (non-hydrogen) atoms. The third-order valence-corrected chi connectivity index (χ3v) is 8.10. The summed E-state index contributed by atoms with van der Waals surface area (Å²) >= 11 is 0. The molecular formula is C34H26N4O8S. The SMILES string of the molecule is CC(=O)c1ccccc1OC(=O)c1ccc(CC(=O)c2cc(/N=N/c3ccc(S(=O)(=O)Nc4ccccn4)cc3)ccc2O)cc1O. The van der Waals surface area contributed by atoms with Gasteiger partial charge in [-0.3, -0.25) is 14.3 Å². The van der Waals surface area contributed by atoms with E-state index in [9.17, 15) is 33.0 Å². The van der Waals surface area contributed by atoms with Crippen molar-refractivity contribution in [3.8, 4) is 17.2 Å². The molecule has 0 unspecified atom stereocenters. The van der Waals surface area contributed by atoms with Gasteiger partial charge in [0.2, 0.25) is 0 Å². The number of aromatic nitrogens is 1. The standard InChI is InChI=1S/C34H26N4O8S/c1-21(39)26-6-2-3-7-32(26)46-34(43)27-15-9-22(18-30(27)41)19-31(42)28-20-24(12-16-29(28)40)37-36-23-10-13-25(14-11-23)47(44,45)38-33-8-4-5-17-35-33/h2-18,20,40-41H,19H2,1H3,(H,35,38)/b37-36+. The van der Waals surface area contributed by atoms with Gasteiger partial charge < -0.3 is 14.9 Å². The number of carbonyl (C=O) groups excluding carboxylic acids is 3. The molecule has 0 saturated heterocycles. The van der Waals surface area contributed by atoms with E-state index in [0.717, 1.165) is 0 Å². The average Bonchev–Trinajstić information content (AvgIpc) is 3.05. The summed E-state index contributed by atoms with van der Waals surface area (Å²) in [5.41, 5.74) is 0.926. The molecule has 0 radical (unpaired) electrons. The van der Waals surface area contributed by atoms with E-state index in [0.29, 0.717) is 11.3 Å². The fourth-order valence-corrected chi connectivity index (χ4v) is 5.39. The minimum Gasteiger partial charge on any atom is -0.507 e. The summed E-state index contributed by atoms with van der Waals surface area (Å²) in [5, 5.41) is 29.1. The Morgan fingerprint density at radius 1 is 0.766 bits per heavy atom. The Morgan fingerprint density at radius 3 is 2.17 bits per heavy atom. The van der Waals surface area contributed by atoms with E-state index in [1.165, 1.54) is 92.0 Å². The number of anilines is 1. The molecule has 1 heterocycles. The topological polar surface area (TPSA) is 185 Å². The van der Waals surface area contributed by atoms with E-state index in [1.807, 2.05) is 0 Å². The quantitative estimate of drug-likeness (QED) is 0.0616. The number of phenolic OH excluding ortho intramolecular Hbond substituents is 2. The summed E-state index contributed by atoms with van der Waals surface area (Å²) in [6, 6.07) is 24.8. The number of aromatic hydroxyl groups is 2. The molecule has 1 aromatic heterocycles. The zero-order valence-electron chi connectivity index (χ0n) is 24.7. The first-order chi connectivity index (χ1) is 22.5. The maximum atomic E-state index is 13.1. The van der Waals surface area contributed by atoms with E-state index < -0.39 is 27.5 Å². The summed E-state index contributed by atoms with van der Waals surface area (Å²) in [6.07, 6.45) is 1.24. The van der Waals surface area contributed by atoms with Crippen molar-refractivity contribution in [2.45, 2.75) is 18.2 Å². The summed E-state index contributed by atoms with van der Waals surface area (Å²) in [5.74, 6) is -2.18. The van der Waals surface area contributed by atoms with Crippen LogP contribution in [0.25, 0.3) is 0 Å². The number of esters is 1. The second-order valence-corrected chi connectivity index (χ2v) is 11.8. The Kier molecular flexibility index (Phi) is 9.47. The van der Waals surface area contributed by atoms with Crippen LogP contribution in [-0.2, 0) is 16.4 Å². The van der Waals surface area contributed by atoms with Crippen LogP contribution < -0.4 is 9.46 Å². The number of carbonyl (C=O) groups is 3. The second kappa shape index (κ2) is 13.8. The number of nitrogens with zero attached hydrogens (tertiary/aromatic N) is 3. The van der Waals surface area contributed by atoms with E-state index in [1.54, 1.807) is 24.3 Å². The molecule has 0 aliphatic heterocycles. The number of hydrogen-bond donors (Lipinski definition) is 3. The number of ketones is 2. The third kappa shape index (κ3) is 7.90. The van der Waals surface area contributed by atoms with Crippen LogP contribution in [0.5, 0.6) is 17.2 Å². The van der Waals surface area contributed by atoms with Crippen molar-refractivity contribution in [2.75, 3.05) is 4.72 Å². The number of rotatable bonds is 11. The summed E-state index contributed by atoms with van der Waals surface area (Å²) in [6.45, 7) is 1.34. The zero-order valence-corrected chi connectivity index (χ0v) is 25.5. The largest absolute Gasteiger partial charge is 0.507 e. The monoisotopic (exact) mass is 650 g/mol. The van der Waals surface area contributed by atoms with E-state index >= 15 is 0 Å². The summed E-state index contributed by atoms with van der Waals surface area (Å²) < 4.78 is 32.9. The van der Waals surface area contributed by atoms with Gasteiger partial charge in [0.1, 0.15) is 28.6 Å². The van der Waals surface area contributed by atoms with E-state index in [-0.39, 0.29) is 56.8 Å². The molecule has 3 N–H and O–H groups in total. The normalized spacial score (nSPS) is 11.3. The summed E-state index contributed by atoms with van der Waals surface area (Å²) in [7, 11) is -3.87. The Bertz CT molecular complexity index is 2120. The minimum absolute atomic E-state index is 0.00565. The molecule has 0 aliphatic carbocycles. The lowest BCUT2D eigenvalue weighted by atomic mass is 10.00. The molecular weight excluding hydrogens is 624 g/mol. The van der Waals surface area contributed by atoms with Crippen molar-refractivity contribution in [1.82, 2.24) is 4.98 Å². The Labute approximate surface area is 269 Å². The van der Waals surface area contributed by atoms with E-state index in [4.69, 9.17) is 4.74 Å². The van der Waals surface area contributed by atoms with Crippen molar-refractivity contribution in [3.63, 3.8) is 0 Å². The first kappa shape index (κ1) is 32.2. The minimum atomic E-state index is -3.87. The van der Waals surface area contributed by atoms with Crippen molar-refractivity contribution in [1.29, 1.82) is 0 Å². The van der Waals surface area contributed by atoms with Gasteiger partial charge in [0, 0.05) is 12.6 Å². The highest BCUT2D eigenvalue weighted by Gasteiger charge is 2.19. The van der Waals surface area contributed by atoms with Crippen LogP contribution in [0.4, 0.5) is 17.2 Å². The zero-order chi connectivity index (χ0) is 33.6. The van der Waals surface area contributed by atoms with Crippen LogP contribution >= 0.6 is 0 Å². The van der Waals surface area contributed by atoms with Crippen LogP contribution in [0, 0.1) is 0 Å². The van der Waals surface area contributed by atoms with Gasteiger partial charge in [-0.1, -0.05) is 24.3 Å². The van der Waals surface area contributed by atoms with Crippen LogP contribution in [0.1, 0.15) is 43.6 Å². The molecule has 5 aromatic rings. The highest BCUT2D eigenvalue weighted by Crippen LogP contribution is 2.29. The predicted molar refractivity (Wildman–Crippen MR) is 171 cm³/mol. The lowest BCUT2D eigenvalue weighted by molar-refractivity contribution is 0.0729. The highest BCUT2D eigenvalue weighted by molar-refractivity contribution is 7.92. The number of phenols is 2. The molecule has 12 nitrogen and oxygen atoms in total. The Morgan fingerprint density at radius 2 is 1.47 bits per heavy atom. The molecule has 0 fully saturated rings. The number of para-hydroxylation sites is 1. The molecule has 4 aromatic carbocycles. The molecule has 13 heteroatoms. The third-order valence-electron chi connectivity index (χ3n) is 6.73. The molecule has 236 valence electrons. The highest BCUT2D eigenvalue weighted by atomic mass is 32.2. The van der Waals surface area contributed by atoms with Gasteiger partial charge in [-0.2, -0.15) is 10.2 Å². The number of azo groups is 1. The molecule has 0 saturated carbocycles. The maximum absolute atomic E-state index is 13.1. The van der Waals surface area contributed by atoms with Gasteiger partial charge in [-0.05, 0) is 91.3 Å². The first-order valence-corrected chi connectivity index (χ1v) is 15.4. The maximum Gasteiger partial charge on any atom is 0.347 e. The van der Waals surface area contributed by atoms with Crippen molar-refractivity contribution in [2.24, 2.45) is 10.2 Å². The number of hydrogen-bond acceptors (Lipinski definition) is 11. The lowest BCUT2D eigenvalue weighted by Gasteiger charge is -2.10. The van der Waals surface area contributed by atoms with Gasteiger partial charge in [0.05, 0.1) is 27.4 Å². The number of sulfonamides is 1. The first-order valence-electron chi connectivity index (χ1n) is 14.0. The van der Waals surface area contributed by atoms with Crippen molar-refractivity contribution >= 4 is 44.8 Å². The van der Waals surface area contributed by atoms with Gasteiger partial charge >= 0.3 is 5.97 Å². The van der Waals surface area contributed by atoms with Gasteiger partial charge in [-0.15, -0.1) is 0 Å². The fourth-order valence-electron chi connectivity index (χ4n) is 4.38. The van der Waals surface area contributed by atoms with Gasteiger partial charge in [0.25, 0.3) is 10.0 Å². The summed E-state index contributed by atoms with van der Waals surface area (Å²) in [4.78, 5) is 41.6. The fraction of sp³-hybridized carbons (Fsp3) is 0.0588. The van der Waals surface area contributed by atoms with Crippen LogP contribution in [0.15, 0.2) is 124 Å². The van der Waals surface area contributed by atoms with Crippen LogP contribution in [0.2, 0.25) is 0 Å². The number of nitrogens with one attached hydrogen (secondary N) is 1.